The summed E-state index contributed by atoms with van der Waals surface area (Å²) >= 11 is 7.76. The van der Waals surface area contributed by atoms with Crippen molar-refractivity contribution in [1.29, 1.82) is 0 Å². The lowest BCUT2D eigenvalue weighted by Crippen LogP contribution is -2.34. The van der Waals surface area contributed by atoms with Crippen LogP contribution in [0.4, 0.5) is 5.13 Å². The van der Waals surface area contributed by atoms with Gasteiger partial charge in [-0.3, -0.25) is 9.69 Å². The number of aromatic nitrogens is 1. The molecule has 0 aliphatic heterocycles. The molecular weight excluding hydrogens is 394 g/mol. The summed E-state index contributed by atoms with van der Waals surface area (Å²) in [5.41, 5.74) is 0.745. The Morgan fingerprint density at radius 3 is 2.61 bits per heavy atom. The van der Waals surface area contributed by atoms with Gasteiger partial charge in [-0.2, -0.15) is 0 Å². The maximum absolute atomic E-state index is 12.9. The van der Waals surface area contributed by atoms with Crippen molar-refractivity contribution in [3.8, 4) is 5.75 Å². The van der Waals surface area contributed by atoms with Gasteiger partial charge in [0, 0.05) is 6.54 Å². The van der Waals surface area contributed by atoms with Gasteiger partial charge in [0.05, 0.1) is 22.8 Å². The molecule has 0 aliphatic carbocycles. The van der Waals surface area contributed by atoms with Gasteiger partial charge in [0.2, 0.25) is 5.91 Å². The number of nitrogens with zero attached hydrogens (tertiary/aromatic N) is 3. The summed E-state index contributed by atoms with van der Waals surface area (Å²) in [4.78, 5) is 21.4. The van der Waals surface area contributed by atoms with Gasteiger partial charge < -0.3 is 9.64 Å². The molecule has 1 heterocycles. The van der Waals surface area contributed by atoms with Crippen molar-refractivity contribution in [1.82, 2.24) is 9.88 Å². The minimum atomic E-state index is 0.00451. The lowest BCUT2D eigenvalue weighted by molar-refractivity contribution is -0.119. The van der Waals surface area contributed by atoms with Crippen molar-refractivity contribution >= 4 is 44.2 Å². The third-order valence-electron chi connectivity index (χ3n) is 4.21. The van der Waals surface area contributed by atoms with E-state index in [0.717, 1.165) is 28.9 Å². The summed E-state index contributed by atoms with van der Waals surface area (Å²) in [5.74, 6) is 0.770. The van der Waals surface area contributed by atoms with E-state index in [4.69, 9.17) is 16.3 Å². The predicted molar refractivity (Wildman–Crippen MR) is 117 cm³/mol. The zero-order valence-electron chi connectivity index (χ0n) is 16.1. The first-order valence-electron chi connectivity index (χ1n) is 9.22. The van der Waals surface area contributed by atoms with Crippen LogP contribution in [0.15, 0.2) is 48.5 Å². The number of benzene rings is 2. The second kappa shape index (κ2) is 9.87. The maximum Gasteiger partial charge on any atom is 0.232 e. The highest BCUT2D eigenvalue weighted by Gasteiger charge is 2.20. The maximum atomic E-state index is 12.9. The molecule has 0 aliphatic rings. The summed E-state index contributed by atoms with van der Waals surface area (Å²) in [7, 11) is 4.05. The lowest BCUT2D eigenvalue weighted by atomic mass is 10.3. The van der Waals surface area contributed by atoms with Gasteiger partial charge in [0.25, 0.3) is 0 Å². The minimum Gasteiger partial charge on any atom is -0.493 e. The number of carbonyl (C=O) groups excluding carboxylic acids is 1. The third-order valence-corrected chi connectivity index (χ3v) is 5.55. The van der Waals surface area contributed by atoms with Crippen molar-refractivity contribution < 1.29 is 9.53 Å². The molecule has 28 heavy (non-hydrogen) atoms. The van der Waals surface area contributed by atoms with Crippen LogP contribution in [-0.2, 0) is 4.79 Å². The molecule has 0 N–H and O–H groups in total. The number of halogens is 1. The van der Waals surface area contributed by atoms with Crippen molar-refractivity contribution in [2.24, 2.45) is 0 Å². The van der Waals surface area contributed by atoms with Gasteiger partial charge in [0.15, 0.2) is 5.13 Å². The number of hydrogen-bond acceptors (Lipinski definition) is 5. The molecule has 1 amide bonds. The summed E-state index contributed by atoms with van der Waals surface area (Å²) in [6, 6.07) is 15.2. The minimum absolute atomic E-state index is 0.00451. The fourth-order valence-corrected chi connectivity index (χ4v) is 4.11. The molecule has 0 saturated heterocycles. The first-order chi connectivity index (χ1) is 13.5. The average molecular weight is 418 g/mol. The molecule has 0 fully saturated rings. The molecule has 0 bridgehead atoms. The molecule has 148 valence electrons. The number of amides is 1. The van der Waals surface area contributed by atoms with Gasteiger partial charge in [-0.25, -0.2) is 4.98 Å². The Balaban J connectivity index is 1.71. The molecule has 0 unspecified atom stereocenters. The number of rotatable bonds is 9. The third kappa shape index (κ3) is 5.44. The first kappa shape index (κ1) is 20.6. The topological polar surface area (TPSA) is 45.7 Å². The Hall–Kier alpha value is -2.15. The molecule has 3 rings (SSSR count). The Labute approximate surface area is 174 Å². The zero-order chi connectivity index (χ0) is 19.9. The van der Waals surface area contributed by atoms with Gasteiger partial charge in [-0.05, 0) is 51.3 Å². The first-order valence-corrected chi connectivity index (χ1v) is 10.4. The van der Waals surface area contributed by atoms with E-state index in [1.807, 2.05) is 62.6 Å². The molecule has 5 nitrogen and oxygen atoms in total. The summed E-state index contributed by atoms with van der Waals surface area (Å²) in [6.45, 7) is 1.84. The normalized spacial score (nSPS) is 11.1. The summed E-state index contributed by atoms with van der Waals surface area (Å²) in [5, 5.41) is 1.29. The van der Waals surface area contributed by atoms with Crippen molar-refractivity contribution in [2.75, 3.05) is 38.7 Å². The van der Waals surface area contributed by atoms with Gasteiger partial charge >= 0.3 is 0 Å². The number of ether oxygens (including phenoxy) is 1. The number of anilines is 1. The monoisotopic (exact) mass is 417 g/mol. The van der Waals surface area contributed by atoms with Crippen LogP contribution in [0.2, 0.25) is 5.02 Å². The highest BCUT2D eigenvalue weighted by atomic mass is 35.5. The number of para-hydroxylation sites is 2. The highest BCUT2D eigenvalue weighted by molar-refractivity contribution is 7.22. The van der Waals surface area contributed by atoms with Crippen molar-refractivity contribution in [2.45, 2.75) is 12.8 Å². The highest BCUT2D eigenvalue weighted by Crippen LogP contribution is 2.33. The van der Waals surface area contributed by atoms with Crippen LogP contribution in [0.5, 0.6) is 5.75 Å². The Bertz CT molecular complexity index is 914. The second-order valence-electron chi connectivity index (χ2n) is 6.70. The van der Waals surface area contributed by atoms with Crippen LogP contribution in [-0.4, -0.2) is 49.6 Å². The second-order valence-corrected chi connectivity index (χ2v) is 8.11. The predicted octanol–water partition coefficient (Wildman–Crippen LogP) is 4.70. The molecule has 0 saturated carbocycles. The molecule has 1 aromatic heterocycles. The average Bonchev–Trinajstić information content (AvgIpc) is 3.11. The Morgan fingerprint density at radius 2 is 1.89 bits per heavy atom. The molecule has 2 aromatic carbocycles. The molecule has 0 radical (unpaired) electrons. The molecule has 7 heteroatoms. The van der Waals surface area contributed by atoms with Crippen LogP contribution in [0.25, 0.3) is 10.2 Å². The standard InChI is InChI=1S/C21H24ClN3O2S/c1-24(2)13-7-14-25(19(26)12-15-27-16-8-4-3-5-9-16)21-23-20-17(22)10-6-11-18(20)28-21/h3-6,8-11H,7,12-15H2,1-2H3. The van der Waals surface area contributed by atoms with Crippen LogP contribution in [0, 0.1) is 0 Å². The molecule has 0 spiro atoms. The largest absolute Gasteiger partial charge is 0.493 e. The Morgan fingerprint density at radius 1 is 1.11 bits per heavy atom. The molecular formula is C21H24ClN3O2S. The van der Waals surface area contributed by atoms with E-state index < -0.39 is 0 Å². The van der Waals surface area contributed by atoms with Crippen LogP contribution in [0.3, 0.4) is 0 Å². The van der Waals surface area contributed by atoms with Crippen LogP contribution < -0.4 is 9.64 Å². The summed E-state index contributed by atoms with van der Waals surface area (Å²) < 4.78 is 6.67. The fourth-order valence-electron chi connectivity index (χ4n) is 2.80. The van der Waals surface area contributed by atoms with E-state index in [9.17, 15) is 4.79 Å². The van der Waals surface area contributed by atoms with E-state index in [0.29, 0.717) is 29.7 Å². The quantitative estimate of drug-likeness (QED) is 0.506. The number of fused-ring (bicyclic) bond motifs is 1. The lowest BCUT2D eigenvalue weighted by Gasteiger charge is -2.21. The number of hydrogen-bond donors (Lipinski definition) is 0. The van der Waals surface area contributed by atoms with E-state index in [-0.39, 0.29) is 5.91 Å². The number of thiazole rings is 1. The molecule has 0 atom stereocenters. The van der Waals surface area contributed by atoms with E-state index in [1.54, 1.807) is 4.90 Å². The van der Waals surface area contributed by atoms with E-state index >= 15 is 0 Å². The van der Waals surface area contributed by atoms with Gasteiger partial charge in [-0.15, -0.1) is 0 Å². The van der Waals surface area contributed by atoms with Gasteiger partial charge in [-0.1, -0.05) is 47.2 Å². The smallest absolute Gasteiger partial charge is 0.232 e. The SMILES string of the molecule is CN(C)CCCN(C(=O)CCOc1ccccc1)c1nc2c(Cl)cccc2s1. The molecule has 3 aromatic rings. The Kier molecular flexibility index (Phi) is 7.25. The van der Waals surface area contributed by atoms with Crippen LogP contribution in [0.1, 0.15) is 12.8 Å². The van der Waals surface area contributed by atoms with Crippen molar-refractivity contribution in [3.63, 3.8) is 0 Å². The van der Waals surface area contributed by atoms with E-state index in [1.165, 1.54) is 11.3 Å². The zero-order valence-corrected chi connectivity index (χ0v) is 17.7. The van der Waals surface area contributed by atoms with Crippen LogP contribution >= 0.6 is 22.9 Å². The fraction of sp³-hybridized carbons (Fsp3) is 0.333. The number of carbonyl (C=O) groups is 1. The summed E-state index contributed by atoms with van der Waals surface area (Å²) in [6.07, 6.45) is 1.16. The van der Waals surface area contributed by atoms with Crippen molar-refractivity contribution in [3.05, 3.63) is 53.6 Å². The van der Waals surface area contributed by atoms with Gasteiger partial charge in [0.1, 0.15) is 11.3 Å². The van der Waals surface area contributed by atoms with E-state index in [2.05, 4.69) is 9.88 Å².